The number of hydrogen-bond acceptors (Lipinski definition) is 6. The van der Waals surface area contributed by atoms with Gasteiger partial charge in [0.25, 0.3) is 5.56 Å². The summed E-state index contributed by atoms with van der Waals surface area (Å²) in [4.78, 5) is 25.2. The van der Waals surface area contributed by atoms with Crippen LogP contribution in [0.4, 0.5) is 5.00 Å². The first kappa shape index (κ1) is 11.5. The van der Waals surface area contributed by atoms with Crippen LogP contribution in [0.15, 0.2) is 15.8 Å². The molecule has 0 amide bonds. The molecule has 90 valence electrons. The molecular formula is C9H11N5O2S. The second-order valence-corrected chi connectivity index (χ2v) is 4.26. The SMILES string of the molecule is CCc1cn(Cc2nnsc2N)c(=O)[nH]c1=O. The zero-order valence-corrected chi connectivity index (χ0v) is 9.95. The van der Waals surface area contributed by atoms with E-state index >= 15 is 0 Å². The quantitative estimate of drug-likeness (QED) is 0.772. The minimum absolute atomic E-state index is 0.213. The summed E-state index contributed by atoms with van der Waals surface area (Å²) in [5, 5.41) is 4.30. The molecule has 0 saturated heterocycles. The van der Waals surface area contributed by atoms with Gasteiger partial charge in [-0.05, 0) is 6.42 Å². The molecule has 0 aliphatic rings. The molecule has 3 N–H and O–H groups in total. The Morgan fingerprint density at radius 3 is 2.88 bits per heavy atom. The van der Waals surface area contributed by atoms with Gasteiger partial charge >= 0.3 is 5.69 Å². The van der Waals surface area contributed by atoms with Gasteiger partial charge in [0, 0.05) is 23.3 Å². The monoisotopic (exact) mass is 253 g/mol. The summed E-state index contributed by atoms with van der Waals surface area (Å²) in [5.41, 5.74) is 5.90. The lowest BCUT2D eigenvalue weighted by molar-refractivity contribution is 0.693. The van der Waals surface area contributed by atoms with Crippen LogP contribution in [0, 0.1) is 0 Å². The Balaban J connectivity index is 2.43. The van der Waals surface area contributed by atoms with Crippen molar-refractivity contribution in [1.29, 1.82) is 0 Å². The van der Waals surface area contributed by atoms with Crippen molar-refractivity contribution < 1.29 is 0 Å². The summed E-state index contributed by atoms with van der Waals surface area (Å²) in [6, 6.07) is 0. The molecule has 0 aliphatic carbocycles. The fourth-order valence-electron chi connectivity index (χ4n) is 1.41. The Kier molecular flexibility index (Phi) is 3.05. The van der Waals surface area contributed by atoms with E-state index in [-0.39, 0.29) is 12.1 Å². The van der Waals surface area contributed by atoms with Gasteiger partial charge in [0.1, 0.15) is 10.7 Å². The summed E-state index contributed by atoms with van der Waals surface area (Å²) in [6.07, 6.45) is 2.08. The third-order valence-electron chi connectivity index (χ3n) is 2.37. The molecule has 2 aromatic rings. The number of nitrogen functional groups attached to an aromatic ring is 1. The van der Waals surface area contributed by atoms with Gasteiger partial charge in [0.15, 0.2) is 0 Å². The largest absolute Gasteiger partial charge is 0.388 e. The fourth-order valence-corrected chi connectivity index (χ4v) is 1.85. The minimum Gasteiger partial charge on any atom is -0.388 e. The lowest BCUT2D eigenvalue weighted by Gasteiger charge is -2.04. The summed E-state index contributed by atoms with van der Waals surface area (Å²) in [7, 11) is 0. The highest BCUT2D eigenvalue weighted by Crippen LogP contribution is 2.12. The molecule has 0 bridgehead atoms. The lowest BCUT2D eigenvalue weighted by Crippen LogP contribution is -2.32. The van der Waals surface area contributed by atoms with Crippen LogP contribution in [-0.4, -0.2) is 19.1 Å². The molecule has 0 atom stereocenters. The van der Waals surface area contributed by atoms with Gasteiger partial charge in [-0.1, -0.05) is 11.4 Å². The second kappa shape index (κ2) is 4.50. The Morgan fingerprint density at radius 2 is 2.29 bits per heavy atom. The van der Waals surface area contributed by atoms with Gasteiger partial charge in [0.2, 0.25) is 0 Å². The number of hydrogen-bond donors (Lipinski definition) is 2. The van der Waals surface area contributed by atoms with Crippen molar-refractivity contribution in [2.75, 3.05) is 5.73 Å². The maximum absolute atomic E-state index is 11.6. The van der Waals surface area contributed by atoms with E-state index in [2.05, 4.69) is 14.6 Å². The average Bonchev–Trinajstić information content (AvgIpc) is 2.68. The predicted molar refractivity (Wildman–Crippen MR) is 64.1 cm³/mol. The number of rotatable bonds is 3. The summed E-state index contributed by atoms with van der Waals surface area (Å²) >= 11 is 1.07. The minimum atomic E-state index is -0.473. The van der Waals surface area contributed by atoms with Crippen LogP contribution in [0.25, 0.3) is 0 Å². The van der Waals surface area contributed by atoms with Gasteiger partial charge in [0.05, 0.1) is 6.54 Å². The van der Waals surface area contributed by atoms with Crippen molar-refractivity contribution in [2.24, 2.45) is 0 Å². The molecule has 2 rings (SSSR count). The highest BCUT2D eigenvalue weighted by molar-refractivity contribution is 7.09. The van der Waals surface area contributed by atoms with Crippen LogP contribution < -0.4 is 17.0 Å². The number of aromatic nitrogens is 4. The average molecular weight is 253 g/mol. The van der Waals surface area contributed by atoms with Crippen molar-refractivity contribution in [3.05, 3.63) is 38.3 Å². The van der Waals surface area contributed by atoms with Gasteiger partial charge in [-0.3, -0.25) is 14.3 Å². The number of anilines is 1. The van der Waals surface area contributed by atoms with Crippen molar-refractivity contribution in [2.45, 2.75) is 19.9 Å². The Labute approximate surface area is 100 Å². The van der Waals surface area contributed by atoms with E-state index in [0.717, 1.165) is 11.5 Å². The highest BCUT2D eigenvalue weighted by Gasteiger charge is 2.08. The molecule has 0 aromatic carbocycles. The van der Waals surface area contributed by atoms with Crippen LogP contribution in [-0.2, 0) is 13.0 Å². The first-order valence-electron chi connectivity index (χ1n) is 5.01. The molecule has 0 radical (unpaired) electrons. The number of nitrogens with zero attached hydrogens (tertiary/aromatic N) is 3. The van der Waals surface area contributed by atoms with Gasteiger partial charge in [-0.25, -0.2) is 4.79 Å². The molecule has 7 nitrogen and oxygen atoms in total. The number of aromatic amines is 1. The molecule has 0 fully saturated rings. The normalized spacial score (nSPS) is 10.6. The molecule has 2 aromatic heterocycles. The van der Waals surface area contributed by atoms with E-state index in [4.69, 9.17) is 5.73 Å². The van der Waals surface area contributed by atoms with Crippen molar-refractivity contribution in [3.63, 3.8) is 0 Å². The maximum atomic E-state index is 11.6. The van der Waals surface area contributed by atoms with E-state index in [1.54, 1.807) is 0 Å². The van der Waals surface area contributed by atoms with Gasteiger partial charge < -0.3 is 5.73 Å². The maximum Gasteiger partial charge on any atom is 0.328 e. The number of aryl methyl sites for hydroxylation is 1. The zero-order chi connectivity index (χ0) is 12.4. The third-order valence-corrected chi connectivity index (χ3v) is 2.97. The Bertz CT molecular complexity index is 641. The predicted octanol–water partition coefficient (Wildman–Crippen LogP) is -0.419. The Hall–Kier alpha value is -1.96. The molecule has 17 heavy (non-hydrogen) atoms. The molecule has 0 spiro atoms. The third kappa shape index (κ3) is 2.26. The standard InChI is InChI=1S/C9H11N5O2S/c1-2-5-3-14(9(16)11-8(5)15)4-6-7(10)17-13-12-6/h3H,2,4,10H2,1H3,(H,11,15,16). The Morgan fingerprint density at radius 1 is 1.53 bits per heavy atom. The lowest BCUT2D eigenvalue weighted by atomic mass is 10.2. The molecule has 2 heterocycles. The van der Waals surface area contributed by atoms with E-state index < -0.39 is 5.69 Å². The van der Waals surface area contributed by atoms with Gasteiger partial charge in [-0.15, -0.1) is 5.10 Å². The second-order valence-electron chi connectivity index (χ2n) is 3.48. The summed E-state index contributed by atoms with van der Waals surface area (Å²) in [5.74, 6) is 0. The number of nitrogens with two attached hydrogens (primary N) is 1. The zero-order valence-electron chi connectivity index (χ0n) is 9.14. The summed E-state index contributed by atoms with van der Waals surface area (Å²) < 4.78 is 5.06. The van der Waals surface area contributed by atoms with Crippen LogP contribution in [0.1, 0.15) is 18.2 Å². The first-order chi connectivity index (χ1) is 8.11. The van der Waals surface area contributed by atoms with E-state index in [1.807, 2.05) is 6.92 Å². The molecule has 0 aliphatic heterocycles. The topological polar surface area (TPSA) is 107 Å². The summed E-state index contributed by atoms with van der Waals surface area (Å²) in [6.45, 7) is 2.06. The molecule has 0 unspecified atom stereocenters. The van der Waals surface area contributed by atoms with Gasteiger partial charge in [-0.2, -0.15) is 0 Å². The van der Waals surface area contributed by atoms with E-state index in [0.29, 0.717) is 22.7 Å². The number of nitrogens with one attached hydrogen (secondary N) is 1. The van der Waals surface area contributed by atoms with Crippen LogP contribution in [0.5, 0.6) is 0 Å². The van der Waals surface area contributed by atoms with Crippen LogP contribution >= 0.6 is 11.5 Å². The molecule has 8 heteroatoms. The van der Waals surface area contributed by atoms with Crippen molar-refractivity contribution in [1.82, 2.24) is 19.1 Å². The first-order valence-corrected chi connectivity index (χ1v) is 5.78. The van der Waals surface area contributed by atoms with Crippen LogP contribution in [0.3, 0.4) is 0 Å². The number of H-pyrrole nitrogens is 1. The molecular weight excluding hydrogens is 242 g/mol. The highest BCUT2D eigenvalue weighted by atomic mass is 32.1. The smallest absolute Gasteiger partial charge is 0.328 e. The van der Waals surface area contributed by atoms with Crippen molar-refractivity contribution >= 4 is 16.5 Å². The van der Waals surface area contributed by atoms with E-state index in [1.165, 1.54) is 10.8 Å². The van der Waals surface area contributed by atoms with Crippen molar-refractivity contribution in [3.8, 4) is 0 Å². The van der Waals surface area contributed by atoms with E-state index in [9.17, 15) is 9.59 Å². The van der Waals surface area contributed by atoms with Crippen LogP contribution in [0.2, 0.25) is 0 Å². The fraction of sp³-hybridized carbons (Fsp3) is 0.333. The molecule has 0 saturated carbocycles.